The molecule has 0 aliphatic heterocycles. The maximum atomic E-state index is 5.09. The summed E-state index contributed by atoms with van der Waals surface area (Å²) in [4.78, 5) is 13.4. The SMILES string of the molecule is COCCNc1nc(-n2ccnc2)nc2c1CCCC2.Cl.Cl. The van der Waals surface area contributed by atoms with Gasteiger partial charge in [-0.15, -0.1) is 24.8 Å². The topological polar surface area (TPSA) is 64.9 Å². The third kappa shape index (κ3) is 4.09. The van der Waals surface area contributed by atoms with E-state index in [-0.39, 0.29) is 24.8 Å². The third-order valence-electron chi connectivity index (χ3n) is 3.51. The largest absolute Gasteiger partial charge is 0.383 e. The van der Waals surface area contributed by atoms with E-state index in [1.54, 1.807) is 19.6 Å². The first-order valence-electron chi connectivity index (χ1n) is 6.99. The van der Waals surface area contributed by atoms with E-state index in [9.17, 15) is 0 Å². The summed E-state index contributed by atoms with van der Waals surface area (Å²) < 4.78 is 6.93. The number of hydrogen-bond acceptors (Lipinski definition) is 5. The molecule has 2 heterocycles. The number of methoxy groups -OCH3 is 1. The van der Waals surface area contributed by atoms with Crippen molar-refractivity contribution in [3.63, 3.8) is 0 Å². The Morgan fingerprint density at radius 2 is 2.05 bits per heavy atom. The van der Waals surface area contributed by atoms with E-state index in [4.69, 9.17) is 4.74 Å². The summed E-state index contributed by atoms with van der Waals surface area (Å²) in [5.41, 5.74) is 2.42. The van der Waals surface area contributed by atoms with E-state index in [2.05, 4.69) is 20.3 Å². The van der Waals surface area contributed by atoms with Gasteiger partial charge in [0.05, 0.1) is 12.3 Å². The van der Waals surface area contributed by atoms with Gasteiger partial charge in [-0.1, -0.05) is 0 Å². The van der Waals surface area contributed by atoms with Crippen LogP contribution in [0.2, 0.25) is 0 Å². The molecule has 0 spiro atoms. The third-order valence-corrected chi connectivity index (χ3v) is 3.51. The second-order valence-corrected chi connectivity index (χ2v) is 4.89. The van der Waals surface area contributed by atoms with Crippen LogP contribution in [-0.4, -0.2) is 39.8 Å². The zero-order chi connectivity index (χ0) is 13.8. The summed E-state index contributed by atoms with van der Waals surface area (Å²) in [6, 6.07) is 0. The summed E-state index contributed by atoms with van der Waals surface area (Å²) in [5, 5.41) is 3.37. The molecule has 3 rings (SSSR count). The van der Waals surface area contributed by atoms with Gasteiger partial charge >= 0.3 is 0 Å². The van der Waals surface area contributed by atoms with Gasteiger partial charge < -0.3 is 10.1 Å². The fourth-order valence-corrected chi connectivity index (χ4v) is 2.49. The van der Waals surface area contributed by atoms with E-state index in [0.29, 0.717) is 12.6 Å². The number of ether oxygens (including phenoxy) is 1. The van der Waals surface area contributed by atoms with Crippen molar-refractivity contribution in [2.45, 2.75) is 25.7 Å². The standard InChI is InChI=1S/C14H19N5O.2ClH/c1-20-9-7-16-13-11-4-2-3-5-12(11)17-14(18-13)19-8-6-15-10-19;;/h6,8,10H,2-5,7,9H2,1H3,(H,16,17,18);2*1H. The average Bonchev–Trinajstić information content (AvgIpc) is 3.01. The molecule has 0 unspecified atom stereocenters. The van der Waals surface area contributed by atoms with Gasteiger partial charge in [-0.25, -0.2) is 9.97 Å². The molecule has 0 saturated carbocycles. The van der Waals surface area contributed by atoms with Crippen LogP contribution in [0.4, 0.5) is 5.82 Å². The predicted molar refractivity (Wildman–Crippen MR) is 90.7 cm³/mol. The minimum Gasteiger partial charge on any atom is -0.383 e. The number of fused-ring (bicyclic) bond motifs is 1. The Balaban J connectivity index is 0.00000121. The van der Waals surface area contributed by atoms with Crippen LogP contribution in [-0.2, 0) is 17.6 Å². The molecule has 2 aromatic heterocycles. The van der Waals surface area contributed by atoms with Gasteiger partial charge in [0.15, 0.2) is 0 Å². The number of imidazole rings is 1. The van der Waals surface area contributed by atoms with Crippen LogP contribution in [0.1, 0.15) is 24.1 Å². The molecular weight excluding hydrogens is 325 g/mol. The van der Waals surface area contributed by atoms with Gasteiger partial charge in [0.2, 0.25) is 5.95 Å². The number of hydrogen-bond donors (Lipinski definition) is 1. The number of nitrogens with one attached hydrogen (secondary N) is 1. The second-order valence-electron chi connectivity index (χ2n) is 4.89. The predicted octanol–water partition coefficient (Wildman–Crippen LogP) is 2.44. The molecule has 0 radical (unpaired) electrons. The fraction of sp³-hybridized carbons (Fsp3) is 0.500. The van der Waals surface area contributed by atoms with Gasteiger partial charge in [-0.05, 0) is 25.7 Å². The fourth-order valence-electron chi connectivity index (χ4n) is 2.49. The minimum atomic E-state index is 0. The Morgan fingerprint density at radius 1 is 1.23 bits per heavy atom. The van der Waals surface area contributed by atoms with Crippen LogP contribution in [0.3, 0.4) is 0 Å². The highest BCUT2D eigenvalue weighted by molar-refractivity contribution is 5.85. The lowest BCUT2D eigenvalue weighted by Gasteiger charge is -2.19. The van der Waals surface area contributed by atoms with E-state index < -0.39 is 0 Å². The number of aromatic nitrogens is 4. The summed E-state index contributed by atoms with van der Waals surface area (Å²) in [5.74, 6) is 1.62. The molecular formula is C14H21Cl2N5O. The first-order chi connectivity index (χ1) is 9.88. The minimum absolute atomic E-state index is 0. The maximum absolute atomic E-state index is 5.09. The van der Waals surface area contributed by atoms with Crippen molar-refractivity contribution in [1.29, 1.82) is 0 Å². The van der Waals surface area contributed by atoms with Gasteiger partial charge in [0.1, 0.15) is 12.1 Å². The van der Waals surface area contributed by atoms with Gasteiger partial charge in [0, 0.05) is 31.6 Å². The molecule has 0 aromatic carbocycles. The Kier molecular flexibility index (Phi) is 7.58. The lowest BCUT2D eigenvalue weighted by Crippen LogP contribution is -2.17. The zero-order valence-corrected chi connectivity index (χ0v) is 14.1. The van der Waals surface area contributed by atoms with E-state index in [1.165, 1.54) is 18.4 Å². The Bertz CT molecular complexity index is 577. The Hall–Kier alpha value is -1.37. The van der Waals surface area contributed by atoms with Crippen LogP contribution in [0, 0.1) is 0 Å². The van der Waals surface area contributed by atoms with Crippen molar-refractivity contribution in [3.05, 3.63) is 30.0 Å². The van der Waals surface area contributed by atoms with Crippen molar-refractivity contribution < 1.29 is 4.74 Å². The molecule has 1 aliphatic rings. The molecule has 0 amide bonds. The number of halogens is 2. The van der Waals surface area contributed by atoms with E-state index in [0.717, 1.165) is 30.9 Å². The molecule has 22 heavy (non-hydrogen) atoms. The number of anilines is 1. The molecule has 1 N–H and O–H groups in total. The summed E-state index contributed by atoms with van der Waals surface area (Å²) >= 11 is 0. The summed E-state index contributed by atoms with van der Waals surface area (Å²) in [6.45, 7) is 1.42. The first kappa shape index (κ1) is 18.7. The first-order valence-corrected chi connectivity index (χ1v) is 6.99. The van der Waals surface area contributed by atoms with Gasteiger partial charge in [-0.2, -0.15) is 4.98 Å². The van der Waals surface area contributed by atoms with Crippen molar-refractivity contribution >= 4 is 30.6 Å². The summed E-state index contributed by atoms with van der Waals surface area (Å²) in [6.07, 6.45) is 9.81. The van der Waals surface area contributed by atoms with Crippen LogP contribution < -0.4 is 5.32 Å². The van der Waals surface area contributed by atoms with E-state index in [1.807, 2.05) is 10.8 Å². The highest BCUT2D eigenvalue weighted by Gasteiger charge is 2.18. The van der Waals surface area contributed by atoms with Crippen molar-refractivity contribution in [2.24, 2.45) is 0 Å². The number of rotatable bonds is 5. The Labute approximate surface area is 142 Å². The second kappa shape index (κ2) is 8.92. The lowest BCUT2D eigenvalue weighted by molar-refractivity contribution is 0.210. The van der Waals surface area contributed by atoms with Crippen LogP contribution in [0.15, 0.2) is 18.7 Å². The maximum Gasteiger partial charge on any atom is 0.237 e. The molecule has 122 valence electrons. The molecule has 6 nitrogen and oxygen atoms in total. The molecule has 0 bridgehead atoms. The van der Waals surface area contributed by atoms with Crippen molar-refractivity contribution in [1.82, 2.24) is 19.5 Å². The highest BCUT2D eigenvalue weighted by Crippen LogP contribution is 2.26. The van der Waals surface area contributed by atoms with Crippen molar-refractivity contribution in [2.75, 3.05) is 25.6 Å². The summed E-state index contributed by atoms with van der Waals surface area (Å²) in [7, 11) is 1.70. The smallest absolute Gasteiger partial charge is 0.237 e. The molecule has 2 aromatic rings. The number of nitrogens with zero attached hydrogens (tertiary/aromatic N) is 4. The van der Waals surface area contributed by atoms with Crippen LogP contribution >= 0.6 is 24.8 Å². The van der Waals surface area contributed by atoms with Crippen LogP contribution in [0.25, 0.3) is 5.95 Å². The van der Waals surface area contributed by atoms with Gasteiger partial charge in [0.25, 0.3) is 0 Å². The van der Waals surface area contributed by atoms with Crippen molar-refractivity contribution in [3.8, 4) is 5.95 Å². The Morgan fingerprint density at radius 3 is 2.77 bits per heavy atom. The van der Waals surface area contributed by atoms with Gasteiger partial charge in [-0.3, -0.25) is 4.57 Å². The average molecular weight is 346 g/mol. The molecule has 1 aliphatic carbocycles. The quantitative estimate of drug-likeness (QED) is 0.843. The number of aryl methyl sites for hydroxylation is 1. The van der Waals surface area contributed by atoms with Crippen LogP contribution in [0.5, 0.6) is 0 Å². The molecule has 0 atom stereocenters. The highest BCUT2D eigenvalue weighted by atomic mass is 35.5. The zero-order valence-electron chi connectivity index (χ0n) is 12.5. The normalized spacial score (nSPS) is 12.8. The molecule has 0 fully saturated rings. The lowest BCUT2D eigenvalue weighted by atomic mass is 9.96. The van der Waals surface area contributed by atoms with E-state index >= 15 is 0 Å². The monoisotopic (exact) mass is 345 g/mol. The molecule has 0 saturated heterocycles. The molecule has 8 heteroatoms.